The number of halogens is 1. The number of thiophene rings is 1. The van der Waals surface area contributed by atoms with Gasteiger partial charge in [-0.05, 0) is 38.9 Å². The molecule has 0 radical (unpaired) electrons. The molecular formula is C11H16BrNOS. The average molecular weight is 290 g/mol. The first-order valence-corrected chi connectivity index (χ1v) is 6.84. The first kappa shape index (κ1) is 11.6. The summed E-state index contributed by atoms with van der Waals surface area (Å²) in [7, 11) is 0. The molecule has 0 atom stereocenters. The van der Waals surface area contributed by atoms with Crippen LogP contribution in [-0.4, -0.2) is 28.7 Å². The molecule has 0 amide bonds. The molecular weight excluding hydrogens is 274 g/mol. The topological polar surface area (TPSA) is 23.5 Å². The van der Waals surface area contributed by atoms with Gasteiger partial charge in [-0.3, -0.25) is 4.90 Å². The fourth-order valence-electron chi connectivity index (χ4n) is 1.89. The largest absolute Gasteiger partial charge is 0.387 e. The third kappa shape index (κ3) is 2.44. The Morgan fingerprint density at radius 1 is 1.60 bits per heavy atom. The Balaban J connectivity index is 1.86. The lowest BCUT2D eigenvalue weighted by molar-refractivity contribution is -0.130. The van der Waals surface area contributed by atoms with Crippen LogP contribution in [0.1, 0.15) is 19.4 Å². The lowest BCUT2D eigenvalue weighted by Gasteiger charge is -2.49. The lowest BCUT2D eigenvalue weighted by Crippen LogP contribution is -2.63. The van der Waals surface area contributed by atoms with E-state index in [0.29, 0.717) is 5.92 Å². The Hall–Kier alpha value is 0.100. The molecule has 1 saturated heterocycles. The normalized spacial score (nSPS) is 20.6. The number of nitrogens with zero attached hydrogens (tertiary/aromatic N) is 1. The Bertz CT molecular complexity index is 344. The molecule has 0 aliphatic carbocycles. The minimum Gasteiger partial charge on any atom is -0.387 e. The Labute approximate surface area is 103 Å². The molecule has 84 valence electrons. The van der Waals surface area contributed by atoms with Gasteiger partial charge in [-0.15, -0.1) is 11.3 Å². The summed E-state index contributed by atoms with van der Waals surface area (Å²) in [6, 6.07) is 2.15. The van der Waals surface area contributed by atoms with Crippen LogP contribution in [0.4, 0.5) is 0 Å². The van der Waals surface area contributed by atoms with E-state index in [4.69, 9.17) is 0 Å². The van der Waals surface area contributed by atoms with Crippen LogP contribution in [0.25, 0.3) is 0 Å². The van der Waals surface area contributed by atoms with Gasteiger partial charge in [0.1, 0.15) is 0 Å². The zero-order chi connectivity index (χ0) is 11.1. The molecule has 2 heterocycles. The second kappa shape index (κ2) is 4.17. The monoisotopic (exact) mass is 289 g/mol. The smallest absolute Gasteiger partial charge is 0.0923 e. The Kier molecular flexibility index (Phi) is 3.22. The summed E-state index contributed by atoms with van der Waals surface area (Å²) >= 11 is 5.17. The van der Waals surface area contributed by atoms with E-state index in [0.717, 1.165) is 19.6 Å². The summed E-state index contributed by atoms with van der Waals surface area (Å²) in [5.41, 5.74) is 0.880. The van der Waals surface area contributed by atoms with Gasteiger partial charge in [0, 0.05) is 19.6 Å². The summed E-state index contributed by atoms with van der Waals surface area (Å²) in [5.74, 6) is 0.350. The van der Waals surface area contributed by atoms with Crippen LogP contribution in [0.3, 0.4) is 0 Å². The minimum atomic E-state index is -0.451. The molecule has 0 spiro atoms. The maximum atomic E-state index is 10.1. The van der Waals surface area contributed by atoms with Crippen LogP contribution in [0.5, 0.6) is 0 Å². The van der Waals surface area contributed by atoms with Gasteiger partial charge in [0.05, 0.1) is 9.39 Å². The molecule has 0 unspecified atom stereocenters. The van der Waals surface area contributed by atoms with Crippen molar-refractivity contribution >= 4 is 27.3 Å². The SMILES string of the molecule is CC(C)C1(O)CN(Cc2csc(Br)c2)C1. The molecule has 1 aliphatic rings. The standard InChI is InChI=1S/C11H16BrNOS/c1-8(2)11(14)6-13(7-11)4-9-3-10(12)15-5-9/h3,5,8,14H,4,6-7H2,1-2H3. The number of hydrogen-bond acceptors (Lipinski definition) is 3. The van der Waals surface area contributed by atoms with Crippen LogP contribution in [0.2, 0.25) is 0 Å². The number of rotatable bonds is 3. The van der Waals surface area contributed by atoms with Gasteiger partial charge < -0.3 is 5.11 Å². The first-order chi connectivity index (χ1) is 6.99. The van der Waals surface area contributed by atoms with Crippen LogP contribution in [0.15, 0.2) is 15.2 Å². The maximum Gasteiger partial charge on any atom is 0.0923 e. The van der Waals surface area contributed by atoms with Crippen molar-refractivity contribution in [1.29, 1.82) is 0 Å². The summed E-state index contributed by atoms with van der Waals surface area (Å²) in [5, 5.41) is 12.3. The van der Waals surface area contributed by atoms with Gasteiger partial charge in [0.15, 0.2) is 0 Å². The molecule has 1 aliphatic heterocycles. The Morgan fingerprint density at radius 3 is 2.73 bits per heavy atom. The fourth-order valence-corrected chi connectivity index (χ4v) is 3.09. The highest BCUT2D eigenvalue weighted by molar-refractivity contribution is 9.11. The van der Waals surface area contributed by atoms with E-state index in [1.807, 2.05) is 0 Å². The van der Waals surface area contributed by atoms with Gasteiger partial charge in [-0.25, -0.2) is 0 Å². The summed E-state index contributed by atoms with van der Waals surface area (Å²) in [4.78, 5) is 2.29. The van der Waals surface area contributed by atoms with Gasteiger partial charge in [-0.2, -0.15) is 0 Å². The van der Waals surface area contributed by atoms with Crippen molar-refractivity contribution in [2.24, 2.45) is 5.92 Å². The average Bonchev–Trinajstić information content (AvgIpc) is 2.48. The van der Waals surface area contributed by atoms with E-state index in [9.17, 15) is 5.11 Å². The van der Waals surface area contributed by atoms with Crippen molar-refractivity contribution in [1.82, 2.24) is 4.90 Å². The summed E-state index contributed by atoms with van der Waals surface area (Å²) in [6.07, 6.45) is 0. The van der Waals surface area contributed by atoms with Crippen molar-refractivity contribution < 1.29 is 5.11 Å². The molecule has 1 fully saturated rings. The quantitative estimate of drug-likeness (QED) is 0.925. The molecule has 1 aromatic heterocycles. The molecule has 4 heteroatoms. The fraction of sp³-hybridized carbons (Fsp3) is 0.636. The highest BCUT2D eigenvalue weighted by Crippen LogP contribution is 2.31. The Morgan fingerprint density at radius 2 is 2.27 bits per heavy atom. The number of likely N-dealkylation sites (tertiary alicyclic amines) is 1. The second-order valence-corrected chi connectivity index (χ2v) is 6.95. The van der Waals surface area contributed by atoms with Crippen LogP contribution in [0, 0.1) is 5.92 Å². The number of β-amino-alcohol motifs (C(OH)–C–C–N with tert-alkyl or cyclic N) is 1. The van der Waals surface area contributed by atoms with Gasteiger partial charge >= 0.3 is 0 Å². The van der Waals surface area contributed by atoms with Crippen molar-refractivity contribution in [3.8, 4) is 0 Å². The van der Waals surface area contributed by atoms with Crippen molar-refractivity contribution in [3.63, 3.8) is 0 Å². The highest BCUT2D eigenvalue weighted by Gasteiger charge is 2.43. The van der Waals surface area contributed by atoms with Crippen LogP contribution in [-0.2, 0) is 6.54 Å². The highest BCUT2D eigenvalue weighted by atomic mass is 79.9. The predicted molar refractivity (Wildman–Crippen MR) is 67.1 cm³/mol. The first-order valence-electron chi connectivity index (χ1n) is 5.17. The van der Waals surface area contributed by atoms with E-state index < -0.39 is 5.60 Å². The predicted octanol–water partition coefficient (Wildman–Crippen LogP) is 2.71. The molecule has 2 nitrogen and oxygen atoms in total. The van der Waals surface area contributed by atoms with Crippen molar-refractivity contribution in [3.05, 3.63) is 20.8 Å². The van der Waals surface area contributed by atoms with Gasteiger partial charge in [-0.1, -0.05) is 13.8 Å². The number of hydrogen-bond donors (Lipinski definition) is 1. The van der Waals surface area contributed by atoms with E-state index in [1.54, 1.807) is 11.3 Å². The van der Waals surface area contributed by atoms with E-state index in [2.05, 4.69) is 46.1 Å². The minimum absolute atomic E-state index is 0.350. The molecule has 1 N–H and O–H groups in total. The van der Waals surface area contributed by atoms with Gasteiger partial charge in [0.2, 0.25) is 0 Å². The van der Waals surface area contributed by atoms with E-state index in [-0.39, 0.29) is 0 Å². The molecule has 0 saturated carbocycles. The molecule has 1 aromatic rings. The molecule has 2 rings (SSSR count). The van der Waals surface area contributed by atoms with Crippen LogP contribution >= 0.6 is 27.3 Å². The summed E-state index contributed by atoms with van der Waals surface area (Å²) in [6.45, 7) is 6.73. The zero-order valence-corrected chi connectivity index (χ0v) is 11.4. The van der Waals surface area contributed by atoms with Crippen LogP contribution < -0.4 is 0 Å². The second-order valence-electron chi connectivity index (χ2n) is 4.66. The maximum absolute atomic E-state index is 10.1. The zero-order valence-electron chi connectivity index (χ0n) is 9.03. The van der Waals surface area contributed by atoms with Gasteiger partial charge in [0.25, 0.3) is 0 Å². The summed E-state index contributed by atoms with van der Waals surface area (Å²) < 4.78 is 1.18. The van der Waals surface area contributed by atoms with E-state index in [1.165, 1.54) is 9.35 Å². The third-order valence-electron chi connectivity index (χ3n) is 3.10. The van der Waals surface area contributed by atoms with E-state index >= 15 is 0 Å². The number of aliphatic hydroxyl groups is 1. The molecule has 0 aromatic carbocycles. The van der Waals surface area contributed by atoms with Crippen molar-refractivity contribution in [2.45, 2.75) is 26.0 Å². The van der Waals surface area contributed by atoms with Crippen molar-refractivity contribution in [2.75, 3.05) is 13.1 Å². The lowest BCUT2D eigenvalue weighted by atomic mass is 9.83. The molecule has 0 bridgehead atoms. The molecule has 15 heavy (non-hydrogen) atoms. The third-order valence-corrected chi connectivity index (χ3v) is 4.65.